The Morgan fingerprint density at radius 2 is 2.00 bits per heavy atom. The highest BCUT2D eigenvalue weighted by Crippen LogP contribution is 2.25. The minimum atomic E-state index is -0.802. The van der Waals surface area contributed by atoms with Gasteiger partial charge in [0.25, 0.3) is 5.09 Å². The van der Waals surface area contributed by atoms with E-state index < -0.39 is 5.09 Å². The van der Waals surface area contributed by atoms with E-state index >= 15 is 0 Å². The maximum atomic E-state index is 9.91. The number of rotatable bonds is 9. The van der Waals surface area contributed by atoms with Gasteiger partial charge in [0.1, 0.15) is 11.9 Å². The van der Waals surface area contributed by atoms with E-state index in [0.717, 1.165) is 11.3 Å². The van der Waals surface area contributed by atoms with Crippen LogP contribution in [0.5, 0.6) is 5.75 Å². The van der Waals surface area contributed by atoms with Gasteiger partial charge in [-0.25, -0.2) is 0 Å². The predicted molar refractivity (Wildman–Crippen MR) is 68.6 cm³/mol. The van der Waals surface area contributed by atoms with Gasteiger partial charge in [0.05, 0.1) is 13.2 Å². The van der Waals surface area contributed by atoms with Crippen LogP contribution in [0.1, 0.15) is 18.9 Å². The van der Waals surface area contributed by atoms with E-state index in [1.54, 1.807) is 0 Å². The van der Waals surface area contributed by atoms with Gasteiger partial charge in [-0.05, 0) is 31.0 Å². The molecule has 1 aliphatic rings. The van der Waals surface area contributed by atoms with Crippen molar-refractivity contribution >= 4 is 0 Å². The molecule has 2 atom stereocenters. The van der Waals surface area contributed by atoms with Crippen LogP contribution >= 0.6 is 0 Å². The molecule has 1 aliphatic heterocycles. The lowest BCUT2D eigenvalue weighted by Crippen LogP contribution is -2.05. The lowest BCUT2D eigenvalue weighted by atomic mass is 10.2. The molecule has 1 heterocycles. The molecule has 0 spiro atoms. The number of hydrogen-bond acceptors (Lipinski definition) is 6. The van der Waals surface area contributed by atoms with Crippen LogP contribution in [0, 0.1) is 10.1 Å². The van der Waals surface area contributed by atoms with Gasteiger partial charge >= 0.3 is 0 Å². The van der Waals surface area contributed by atoms with Crippen molar-refractivity contribution in [3.8, 4) is 5.75 Å². The van der Waals surface area contributed by atoms with E-state index in [1.165, 1.54) is 0 Å². The van der Waals surface area contributed by atoms with Gasteiger partial charge in [0, 0.05) is 6.61 Å². The quantitative estimate of drug-likeness (QED) is 0.298. The predicted octanol–water partition coefficient (Wildman–Crippen LogP) is 1.93. The van der Waals surface area contributed by atoms with E-state index in [0.29, 0.717) is 19.6 Å². The van der Waals surface area contributed by atoms with Crippen LogP contribution in [0.15, 0.2) is 24.3 Å². The van der Waals surface area contributed by atoms with Crippen molar-refractivity contribution in [2.24, 2.45) is 0 Å². The second kappa shape index (κ2) is 7.06. The molecule has 1 aromatic rings. The van der Waals surface area contributed by atoms with Crippen LogP contribution in [0.2, 0.25) is 0 Å². The molecule has 20 heavy (non-hydrogen) atoms. The Hall–Kier alpha value is -1.86. The molecule has 1 aromatic carbocycles. The molecule has 0 saturated carbocycles. The van der Waals surface area contributed by atoms with Crippen molar-refractivity contribution in [3.05, 3.63) is 39.9 Å². The highest BCUT2D eigenvalue weighted by atomic mass is 16.9. The normalized spacial score (nSPS) is 20.4. The van der Waals surface area contributed by atoms with Crippen LogP contribution in [0.4, 0.5) is 0 Å². The Morgan fingerprint density at radius 1 is 1.30 bits per heavy atom. The average Bonchev–Trinajstić information content (AvgIpc) is 3.11. The van der Waals surface area contributed by atoms with Gasteiger partial charge in [-0.15, -0.1) is 10.1 Å². The third-order valence-corrected chi connectivity index (χ3v) is 2.73. The molecule has 2 rings (SSSR count). The van der Waals surface area contributed by atoms with Crippen LogP contribution in [0.3, 0.4) is 0 Å². The average molecular weight is 283 g/mol. The van der Waals surface area contributed by atoms with Gasteiger partial charge in [0.15, 0.2) is 0 Å². The number of nitrogens with zero attached hydrogens (tertiary/aromatic N) is 1. The maximum absolute atomic E-state index is 9.91. The fourth-order valence-electron chi connectivity index (χ4n) is 1.58. The molecule has 0 aromatic heterocycles. The van der Waals surface area contributed by atoms with Gasteiger partial charge < -0.3 is 19.0 Å². The molecule has 7 heteroatoms. The van der Waals surface area contributed by atoms with Crippen molar-refractivity contribution < 1.29 is 24.1 Å². The molecule has 0 N–H and O–H groups in total. The SMILES string of the molecule is CC1OC1Oc1ccc(COCCCO[N+](=O)[O-])cc1. The van der Waals surface area contributed by atoms with Crippen molar-refractivity contribution in [1.82, 2.24) is 0 Å². The van der Waals surface area contributed by atoms with Crippen LogP contribution in [-0.4, -0.2) is 30.7 Å². The largest absolute Gasteiger partial charge is 0.462 e. The Morgan fingerprint density at radius 3 is 2.60 bits per heavy atom. The summed E-state index contributed by atoms with van der Waals surface area (Å²) in [7, 11) is 0. The summed E-state index contributed by atoms with van der Waals surface area (Å²) in [5.41, 5.74) is 1.01. The topological polar surface area (TPSA) is 83.4 Å². The van der Waals surface area contributed by atoms with Gasteiger partial charge in [-0.2, -0.15) is 0 Å². The fourth-order valence-corrected chi connectivity index (χ4v) is 1.58. The maximum Gasteiger partial charge on any atom is 0.294 e. The lowest BCUT2D eigenvalue weighted by Gasteiger charge is -2.06. The summed E-state index contributed by atoms with van der Waals surface area (Å²) in [5, 5.41) is 9.11. The molecule has 2 unspecified atom stereocenters. The van der Waals surface area contributed by atoms with Gasteiger partial charge in [-0.3, -0.25) is 0 Å². The monoisotopic (exact) mass is 283 g/mol. The fraction of sp³-hybridized carbons (Fsp3) is 0.538. The zero-order chi connectivity index (χ0) is 14.4. The molecule has 7 nitrogen and oxygen atoms in total. The number of epoxide rings is 1. The minimum absolute atomic E-state index is 0.0549. The van der Waals surface area contributed by atoms with Gasteiger partial charge in [0.2, 0.25) is 6.29 Å². The highest BCUT2D eigenvalue weighted by molar-refractivity contribution is 5.27. The second-order valence-electron chi connectivity index (χ2n) is 4.43. The van der Waals surface area contributed by atoms with Crippen molar-refractivity contribution in [3.63, 3.8) is 0 Å². The first-order valence-electron chi connectivity index (χ1n) is 6.41. The Labute approximate surface area is 116 Å². The van der Waals surface area contributed by atoms with E-state index in [2.05, 4.69) is 4.84 Å². The summed E-state index contributed by atoms with van der Waals surface area (Å²) in [6.45, 7) is 2.88. The summed E-state index contributed by atoms with van der Waals surface area (Å²) in [4.78, 5) is 14.1. The standard InChI is InChI=1S/C13H17NO6/c1-10-13(19-10)20-12-5-3-11(4-6-12)9-17-7-2-8-18-14(15)16/h3-6,10,13H,2,7-9H2,1H3. The lowest BCUT2D eigenvalue weighted by molar-refractivity contribution is -0.757. The molecular formula is C13H17NO6. The third-order valence-electron chi connectivity index (χ3n) is 2.73. The van der Waals surface area contributed by atoms with Crippen molar-refractivity contribution in [2.45, 2.75) is 32.3 Å². The molecule has 0 aliphatic carbocycles. The highest BCUT2D eigenvalue weighted by Gasteiger charge is 2.36. The molecule has 1 saturated heterocycles. The molecular weight excluding hydrogens is 266 g/mol. The summed E-state index contributed by atoms with van der Waals surface area (Å²) >= 11 is 0. The molecule has 0 amide bonds. The molecule has 1 fully saturated rings. The summed E-state index contributed by atoms with van der Waals surface area (Å²) < 4.78 is 16.1. The molecule has 0 radical (unpaired) electrons. The number of hydrogen-bond donors (Lipinski definition) is 0. The minimum Gasteiger partial charge on any atom is -0.462 e. The summed E-state index contributed by atoms with van der Waals surface area (Å²) in [5.74, 6) is 0.766. The van der Waals surface area contributed by atoms with E-state index in [-0.39, 0.29) is 19.0 Å². The van der Waals surface area contributed by atoms with Gasteiger partial charge in [-0.1, -0.05) is 12.1 Å². The van der Waals surface area contributed by atoms with Crippen molar-refractivity contribution in [1.29, 1.82) is 0 Å². The zero-order valence-corrected chi connectivity index (χ0v) is 11.2. The smallest absolute Gasteiger partial charge is 0.294 e. The van der Waals surface area contributed by atoms with E-state index in [4.69, 9.17) is 14.2 Å². The van der Waals surface area contributed by atoms with E-state index in [9.17, 15) is 10.1 Å². The first-order chi connectivity index (χ1) is 9.65. The summed E-state index contributed by atoms with van der Waals surface area (Å²) in [6, 6.07) is 7.55. The third kappa shape index (κ3) is 5.02. The Balaban J connectivity index is 1.60. The summed E-state index contributed by atoms with van der Waals surface area (Å²) in [6.07, 6.45) is 0.525. The molecule has 0 bridgehead atoms. The Bertz CT molecular complexity index is 435. The first kappa shape index (κ1) is 14.5. The first-order valence-corrected chi connectivity index (χ1v) is 6.41. The van der Waals surface area contributed by atoms with E-state index in [1.807, 2.05) is 31.2 Å². The van der Waals surface area contributed by atoms with Crippen LogP contribution in [0.25, 0.3) is 0 Å². The number of ether oxygens (including phenoxy) is 3. The second-order valence-corrected chi connectivity index (χ2v) is 4.43. The van der Waals surface area contributed by atoms with Crippen molar-refractivity contribution in [2.75, 3.05) is 13.2 Å². The molecule has 110 valence electrons. The zero-order valence-electron chi connectivity index (χ0n) is 11.2. The van der Waals surface area contributed by atoms with Crippen LogP contribution in [-0.2, 0) is 20.9 Å². The van der Waals surface area contributed by atoms with Crippen LogP contribution < -0.4 is 4.74 Å². The Kier molecular flexibility index (Phi) is 5.14. The number of benzene rings is 1.